The first-order chi connectivity index (χ1) is 10.7. The van der Waals surface area contributed by atoms with Crippen molar-refractivity contribution in [3.63, 3.8) is 0 Å². The largest absolute Gasteiger partial charge is 0.478 e. The molecule has 0 bridgehead atoms. The molecule has 4 heteroatoms. The molecule has 3 aromatic carbocycles. The van der Waals surface area contributed by atoms with Gasteiger partial charge in [0.2, 0.25) is 0 Å². The number of ether oxygens (including phenoxy) is 1. The lowest BCUT2D eigenvalue weighted by Crippen LogP contribution is -1.98. The van der Waals surface area contributed by atoms with Gasteiger partial charge in [-0.1, -0.05) is 24.3 Å². The molecule has 0 aromatic heterocycles. The third-order valence-electron chi connectivity index (χ3n) is 3.33. The van der Waals surface area contributed by atoms with Crippen LogP contribution < -0.4 is 4.74 Å². The Kier molecular flexibility index (Phi) is 3.47. The molecule has 1 N–H and O–H groups in total. The second-order valence-electron chi connectivity index (χ2n) is 4.70. The molecule has 0 aliphatic heterocycles. The topological polar surface area (TPSA) is 70.3 Å². The Bertz CT molecular complexity index is 892. The highest BCUT2D eigenvalue weighted by Crippen LogP contribution is 2.32. The molecule has 106 valence electrons. The van der Waals surface area contributed by atoms with E-state index in [-0.39, 0.29) is 5.56 Å². The van der Waals surface area contributed by atoms with Gasteiger partial charge in [-0.05, 0) is 41.8 Å². The van der Waals surface area contributed by atoms with Crippen LogP contribution in [0.3, 0.4) is 0 Å². The molecule has 0 fully saturated rings. The highest BCUT2D eigenvalue weighted by atomic mass is 16.5. The summed E-state index contributed by atoms with van der Waals surface area (Å²) in [5.41, 5.74) is 0.793. The molecular weight excluding hydrogens is 278 g/mol. The molecule has 0 saturated heterocycles. The smallest absolute Gasteiger partial charge is 0.336 e. The molecule has 0 saturated carbocycles. The summed E-state index contributed by atoms with van der Waals surface area (Å²) in [5, 5.41) is 19.4. The molecule has 0 unspecified atom stereocenters. The van der Waals surface area contributed by atoms with Crippen LogP contribution in [0.15, 0.2) is 60.7 Å². The minimum absolute atomic E-state index is 0.239. The number of carboxylic acid groups (broad SMARTS) is 1. The van der Waals surface area contributed by atoms with Gasteiger partial charge in [-0.2, -0.15) is 5.26 Å². The van der Waals surface area contributed by atoms with Crippen molar-refractivity contribution in [3.8, 4) is 17.6 Å². The van der Waals surface area contributed by atoms with Crippen molar-refractivity contribution >= 4 is 16.7 Å². The van der Waals surface area contributed by atoms with Gasteiger partial charge < -0.3 is 9.84 Å². The van der Waals surface area contributed by atoms with E-state index in [0.717, 1.165) is 5.39 Å². The second-order valence-corrected chi connectivity index (χ2v) is 4.70. The maximum absolute atomic E-state index is 11.3. The van der Waals surface area contributed by atoms with Crippen molar-refractivity contribution in [1.29, 1.82) is 5.26 Å². The number of hydrogen-bond donors (Lipinski definition) is 1. The van der Waals surface area contributed by atoms with Crippen LogP contribution in [0.5, 0.6) is 11.5 Å². The molecule has 0 heterocycles. The zero-order valence-corrected chi connectivity index (χ0v) is 11.5. The summed E-state index contributed by atoms with van der Waals surface area (Å²) in [7, 11) is 0. The number of rotatable bonds is 3. The number of hydrogen-bond acceptors (Lipinski definition) is 3. The minimum Gasteiger partial charge on any atom is -0.478 e. The summed E-state index contributed by atoms with van der Waals surface area (Å²) >= 11 is 0. The molecule has 22 heavy (non-hydrogen) atoms. The fraction of sp³-hybridized carbons (Fsp3) is 0. The summed E-state index contributed by atoms with van der Waals surface area (Å²) in [5.74, 6) is 0.193. The molecule has 3 rings (SSSR count). The van der Waals surface area contributed by atoms with Crippen LogP contribution in [0.25, 0.3) is 10.8 Å². The van der Waals surface area contributed by atoms with Crippen molar-refractivity contribution in [2.75, 3.05) is 0 Å². The normalized spacial score (nSPS) is 10.1. The van der Waals surface area contributed by atoms with E-state index in [2.05, 4.69) is 0 Å². The van der Waals surface area contributed by atoms with Gasteiger partial charge in [0.15, 0.2) is 0 Å². The van der Waals surface area contributed by atoms with Crippen molar-refractivity contribution in [2.45, 2.75) is 0 Å². The predicted octanol–water partition coefficient (Wildman–Crippen LogP) is 4.20. The maximum Gasteiger partial charge on any atom is 0.336 e. The Morgan fingerprint density at radius 1 is 0.955 bits per heavy atom. The van der Waals surface area contributed by atoms with Gasteiger partial charge in [-0.15, -0.1) is 0 Å². The lowest BCUT2D eigenvalue weighted by atomic mass is 10.0. The third-order valence-corrected chi connectivity index (χ3v) is 3.33. The number of benzene rings is 3. The average Bonchev–Trinajstić information content (AvgIpc) is 2.55. The van der Waals surface area contributed by atoms with Crippen molar-refractivity contribution in [2.24, 2.45) is 0 Å². The van der Waals surface area contributed by atoms with E-state index in [9.17, 15) is 9.90 Å². The van der Waals surface area contributed by atoms with Gasteiger partial charge in [0, 0.05) is 5.39 Å². The Morgan fingerprint density at radius 2 is 1.64 bits per heavy atom. The first-order valence-corrected chi connectivity index (χ1v) is 6.62. The molecule has 0 radical (unpaired) electrons. The Labute approximate surface area is 126 Å². The van der Waals surface area contributed by atoms with E-state index < -0.39 is 5.97 Å². The van der Waals surface area contributed by atoms with E-state index in [1.54, 1.807) is 42.5 Å². The zero-order chi connectivity index (χ0) is 15.5. The van der Waals surface area contributed by atoms with E-state index in [1.807, 2.05) is 18.2 Å². The van der Waals surface area contributed by atoms with Crippen LogP contribution >= 0.6 is 0 Å². The highest BCUT2D eigenvalue weighted by molar-refractivity contribution is 6.05. The summed E-state index contributed by atoms with van der Waals surface area (Å²) in [6.07, 6.45) is 0. The van der Waals surface area contributed by atoms with Gasteiger partial charge >= 0.3 is 5.97 Å². The van der Waals surface area contributed by atoms with E-state index >= 15 is 0 Å². The predicted molar refractivity (Wildman–Crippen MR) is 82.1 cm³/mol. The zero-order valence-electron chi connectivity index (χ0n) is 11.5. The molecule has 0 spiro atoms. The summed E-state index contributed by atoms with van der Waals surface area (Å²) in [4.78, 5) is 11.3. The van der Waals surface area contributed by atoms with Gasteiger partial charge in [-0.25, -0.2) is 4.79 Å². The van der Waals surface area contributed by atoms with Crippen LogP contribution in [0.4, 0.5) is 0 Å². The van der Waals surface area contributed by atoms with Crippen molar-refractivity contribution < 1.29 is 14.6 Å². The SMILES string of the molecule is N#Cc1ccc(Oc2ccc(C(=O)O)c3ccccc23)cc1. The van der Waals surface area contributed by atoms with Crippen molar-refractivity contribution in [3.05, 3.63) is 71.8 Å². The van der Waals surface area contributed by atoms with Crippen LogP contribution in [-0.2, 0) is 0 Å². The summed E-state index contributed by atoms with van der Waals surface area (Å²) < 4.78 is 5.82. The lowest BCUT2D eigenvalue weighted by Gasteiger charge is -2.10. The second kappa shape index (κ2) is 5.58. The van der Waals surface area contributed by atoms with Gasteiger partial charge in [-0.3, -0.25) is 0 Å². The fourth-order valence-corrected chi connectivity index (χ4v) is 2.27. The van der Waals surface area contributed by atoms with Gasteiger partial charge in [0.25, 0.3) is 0 Å². The first kappa shape index (κ1) is 13.7. The van der Waals surface area contributed by atoms with E-state index in [1.165, 1.54) is 6.07 Å². The van der Waals surface area contributed by atoms with E-state index in [0.29, 0.717) is 22.4 Å². The fourth-order valence-electron chi connectivity index (χ4n) is 2.27. The molecule has 0 amide bonds. The number of nitrogens with zero attached hydrogens (tertiary/aromatic N) is 1. The minimum atomic E-state index is -0.971. The number of carboxylic acids is 1. The molecular formula is C18H11NO3. The molecule has 0 atom stereocenters. The summed E-state index contributed by atoms with van der Waals surface area (Å²) in [6, 6.07) is 19.2. The first-order valence-electron chi connectivity index (χ1n) is 6.62. The molecule has 4 nitrogen and oxygen atoms in total. The number of aromatic carboxylic acids is 1. The Morgan fingerprint density at radius 3 is 2.27 bits per heavy atom. The Balaban J connectivity index is 2.06. The quantitative estimate of drug-likeness (QED) is 0.784. The number of nitriles is 1. The summed E-state index contributed by atoms with van der Waals surface area (Å²) in [6.45, 7) is 0. The van der Waals surface area contributed by atoms with Crippen LogP contribution in [0.2, 0.25) is 0 Å². The average molecular weight is 289 g/mol. The molecule has 3 aromatic rings. The van der Waals surface area contributed by atoms with Crippen LogP contribution in [0.1, 0.15) is 15.9 Å². The lowest BCUT2D eigenvalue weighted by molar-refractivity contribution is 0.0699. The number of fused-ring (bicyclic) bond motifs is 1. The van der Waals surface area contributed by atoms with E-state index in [4.69, 9.17) is 10.00 Å². The molecule has 0 aliphatic carbocycles. The van der Waals surface area contributed by atoms with Crippen molar-refractivity contribution in [1.82, 2.24) is 0 Å². The maximum atomic E-state index is 11.3. The monoisotopic (exact) mass is 289 g/mol. The van der Waals surface area contributed by atoms with Gasteiger partial charge in [0.1, 0.15) is 11.5 Å². The standard InChI is InChI=1S/C18H11NO3/c19-11-12-5-7-13(8-6-12)22-17-10-9-16(18(20)21)14-3-1-2-4-15(14)17/h1-10H,(H,20,21). The Hall–Kier alpha value is -3.32. The van der Waals surface area contributed by atoms with Crippen LogP contribution in [-0.4, -0.2) is 11.1 Å². The third kappa shape index (κ3) is 2.48. The van der Waals surface area contributed by atoms with Gasteiger partial charge in [0.05, 0.1) is 17.2 Å². The highest BCUT2D eigenvalue weighted by Gasteiger charge is 2.12. The molecule has 0 aliphatic rings. The number of carbonyl (C=O) groups is 1. The van der Waals surface area contributed by atoms with Crippen LogP contribution in [0, 0.1) is 11.3 Å².